The lowest BCUT2D eigenvalue weighted by Gasteiger charge is -2.35. The van der Waals surface area contributed by atoms with Gasteiger partial charge in [-0.05, 0) is 12.0 Å². The van der Waals surface area contributed by atoms with Gasteiger partial charge >= 0.3 is 0 Å². The van der Waals surface area contributed by atoms with E-state index in [0.717, 1.165) is 31.3 Å². The molecule has 0 radical (unpaired) electrons. The molecule has 3 nitrogen and oxygen atoms in total. The van der Waals surface area contributed by atoms with E-state index < -0.39 is 0 Å². The highest BCUT2D eigenvalue weighted by molar-refractivity contribution is 5.33. The maximum absolute atomic E-state index is 5.42. The van der Waals surface area contributed by atoms with E-state index in [-0.39, 0.29) is 0 Å². The number of rotatable bonds is 5. The highest BCUT2D eigenvalue weighted by Crippen LogP contribution is 2.20. The summed E-state index contributed by atoms with van der Waals surface area (Å²) in [5, 5.41) is 0. The van der Waals surface area contributed by atoms with Gasteiger partial charge in [0.1, 0.15) is 5.75 Å². The largest absolute Gasteiger partial charge is 0.496 e. The molecule has 1 aromatic rings. The molecule has 1 aromatic carbocycles. The van der Waals surface area contributed by atoms with Crippen LogP contribution < -0.4 is 4.74 Å². The minimum atomic E-state index is 0.765. The summed E-state index contributed by atoms with van der Waals surface area (Å²) in [5.41, 5.74) is 1.29. The van der Waals surface area contributed by atoms with E-state index in [0.29, 0.717) is 0 Å². The van der Waals surface area contributed by atoms with Gasteiger partial charge in [0, 0.05) is 44.8 Å². The number of benzene rings is 1. The summed E-state index contributed by atoms with van der Waals surface area (Å²) in [4.78, 5) is 5.10. The Bertz CT molecular complexity index is 384. The van der Waals surface area contributed by atoms with Crippen molar-refractivity contribution in [1.29, 1.82) is 0 Å². The summed E-state index contributed by atoms with van der Waals surface area (Å²) in [6.45, 7) is 11.5. The molecule has 1 saturated heterocycles. The first-order chi connectivity index (χ1) is 9.19. The maximum atomic E-state index is 5.42. The number of hydrogen-bond acceptors (Lipinski definition) is 3. The zero-order valence-electron chi connectivity index (χ0n) is 12.4. The molecule has 0 atom stereocenters. The first-order valence-electron chi connectivity index (χ1n) is 7.25. The summed E-state index contributed by atoms with van der Waals surface area (Å²) in [7, 11) is 1.75. The van der Waals surface area contributed by atoms with E-state index >= 15 is 0 Å². The van der Waals surface area contributed by atoms with Crippen LogP contribution in [0.25, 0.3) is 0 Å². The second-order valence-electron chi connectivity index (χ2n) is 5.78. The van der Waals surface area contributed by atoms with Crippen LogP contribution in [-0.2, 0) is 6.54 Å². The maximum Gasteiger partial charge on any atom is 0.123 e. The van der Waals surface area contributed by atoms with Crippen molar-refractivity contribution in [2.75, 3.05) is 39.8 Å². The third-order valence-electron chi connectivity index (χ3n) is 3.67. The Balaban J connectivity index is 1.85. The van der Waals surface area contributed by atoms with Crippen molar-refractivity contribution in [3.8, 4) is 5.75 Å². The van der Waals surface area contributed by atoms with Crippen molar-refractivity contribution < 1.29 is 4.74 Å². The summed E-state index contributed by atoms with van der Waals surface area (Å²) in [5.74, 6) is 1.77. The summed E-state index contributed by atoms with van der Waals surface area (Å²) in [6, 6.07) is 8.33. The smallest absolute Gasteiger partial charge is 0.123 e. The third-order valence-corrected chi connectivity index (χ3v) is 3.67. The number of piperazine rings is 1. The van der Waals surface area contributed by atoms with Crippen LogP contribution in [0, 0.1) is 5.92 Å². The summed E-state index contributed by atoms with van der Waals surface area (Å²) in [6.07, 6.45) is 0. The van der Waals surface area contributed by atoms with Gasteiger partial charge in [-0.2, -0.15) is 0 Å². The predicted molar refractivity (Wildman–Crippen MR) is 79.5 cm³/mol. The summed E-state index contributed by atoms with van der Waals surface area (Å²) < 4.78 is 5.42. The molecule has 1 aliphatic rings. The van der Waals surface area contributed by atoms with Crippen LogP contribution in [0.2, 0.25) is 0 Å². The van der Waals surface area contributed by atoms with Crippen molar-refractivity contribution in [1.82, 2.24) is 9.80 Å². The highest BCUT2D eigenvalue weighted by atomic mass is 16.5. The van der Waals surface area contributed by atoms with Crippen LogP contribution in [0.1, 0.15) is 19.4 Å². The molecule has 0 aromatic heterocycles. The van der Waals surface area contributed by atoms with E-state index in [9.17, 15) is 0 Å². The van der Waals surface area contributed by atoms with E-state index in [1.54, 1.807) is 7.11 Å². The predicted octanol–water partition coefficient (Wildman–Crippen LogP) is 2.47. The normalized spacial score (nSPS) is 17.9. The fraction of sp³-hybridized carbons (Fsp3) is 0.625. The van der Waals surface area contributed by atoms with Crippen LogP contribution in [0.3, 0.4) is 0 Å². The molecule has 2 rings (SSSR count). The lowest BCUT2D eigenvalue weighted by Crippen LogP contribution is -2.46. The monoisotopic (exact) mass is 262 g/mol. The molecule has 3 heteroatoms. The van der Waals surface area contributed by atoms with Crippen LogP contribution in [-0.4, -0.2) is 49.6 Å². The van der Waals surface area contributed by atoms with E-state index in [4.69, 9.17) is 4.74 Å². The van der Waals surface area contributed by atoms with Gasteiger partial charge in [0.15, 0.2) is 0 Å². The zero-order valence-corrected chi connectivity index (χ0v) is 12.4. The van der Waals surface area contributed by atoms with Gasteiger partial charge < -0.3 is 9.64 Å². The van der Waals surface area contributed by atoms with Crippen molar-refractivity contribution in [2.24, 2.45) is 5.92 Å². The van der Waals surface area contributed by atoms with Gasteiger partial charge in [-0.1, -0.05) is 32.0 Å². The Labute approximate surface area is 117 Å². The molecule has 0 amide bonds. The Morgan fingerprint density at radius 2 is 1.68 bits per heavy atom. The minimum Gasteiger partial charge on any atom is -0.496 e. The topological polar surface area (TPSA) is 15.7 Å². The minimum absolute atomic E-state index is 0.765. The van der Waals surface area contributed by atoms with E-state index in [1.807, 2.05) is 12.1 Å². The molecule has 0 bridgehead atoms. The number of para-hydroxylation sites is 1. The fourth-order valence-corrected chi connectivity index (χ4v) is 2.72. The van der Waals surface area contributed by atoms with Crippen LogP contribution in [0.5, 0.6) is 5.75 Å². The van der Waals surface area contributed by atoms with Crippen molar-refractivity contribution in [2.45, 2.75) is 20.4 Å². The molecule has 0 spiro atoms. The average Bonchev–Trinajstić information content (AvgIpc) is 2.41. The quantitative estimate of drug-likeness (QED) is 0.811. The van der Waals surface area contributed by atoms with Gasteiger partial charge in [-0.15, -0.1) is 0 Å². The second-order valence-corrected chi connectivity index (χ2v) is 5.78. The fourth-order valence-electron chi connectivity index (χ4n) is 2.72. The number of ether oxygens (including phenoxy) is 1. The third kappa shape index (κ3) is 4.22. The van der Waals surface area contributed by atoms with E-state index in [1.165, 1.54) is 25.2 Å². The van der Waals surface area contributed by atoms with Gasteiger partial charge in [0.2, 0.25) is 0 Å². The first kappa shape index (κ1) is 14.4. The van der Waals surface area contributed by atoms with Crippen LogP contribution in [0.15, 0.2) is 24.3 Å². The highest BCUT2D eigenvalue weighted by Gasteiger charge is 2.18. The SMILES string of the molecule is COc1ccccc1CN1CCN(CC(C)C)CC1. The molecule has 19 heavy (non-hydrogen) atoms. The first-order valence-corrected chi connectivity index (χ1v) is 7.25. The molecule has 106 valence electrons. The number of hydrogen-bond donors (Lipinski definition) is 0. The molecule has 1 fully saturated rings. The van der Waals surface area contributed by atoms with Crippen molar-refractivity contribution in [3.05, 3.63) is 29.8 Å². The lowest BCUT2D eigenvalue weighted by atomic mass is 10.1. The lowest BCUT2D eigenvalue weighted by molar-refractivity contribution is 0.117. The second kappa shape index (κ2) is 6.92. The van der Waals surface area contributed by atoms with Gasteiger partial charge in [-0.25, -0.2) is 0 Å². The van der Waals surface area contributed by atoms with Gasteiger partial charge in [0.05, 0.1) is 7.11 Å². The molecule has 0 saturated carbocycles. The Morgan fingerprint density at radius 3 is 2.32 bits per heavy atom. The molecule has 1 heterocycles. The molecule has 1 aliphatic heterocycles. The van der Waals surface area contributed by atoms with Crippen LogP contribution in [0.4, 0.5) is 0 Å². The Hall–Kier alpha value is -1.06. The average molecular weight is 262 g/mol. The standard InChI is InChI=1S/C16H26N2O/c1-14(2)12-17-8-10-18(11-9-17)13-15-6-4-5-7-16(15)19-3/h4-7,14H,8-13H2,1-3H3. The molecular formula is C16H26N2O. The number of methoxy groups -OCH3 is 1. The van der Waals surface area contributed by atoms with Crippen LogP contribution >= 0.6 is 0 Å². The van der Waals surface area contributed by atoms with Gasteiger partial charge in [0.25, 0.3) is 0 Å². The van der Waals surface area contributed by atoms with Crippen molar-refractivity contribution >= 4 is 0 Å². The Morgan fingerprint density at radius 1 is 1.05 bits per heavy atom. The zero-order chi connectivity index (χ0) is 13.7. The summed E-state index contributed by atoms with van der Waals surface area (Å²) >= 11 is 0. The van der Waals surface area contributed by atoms with Crippen molar-refractivity contribution in [3.63, 3.8) is 0 Å². The molecular weight excluding hydrogens is 236 g/mol. The molecule has 0 aliphatic carbocycles. The molecule has 0 unspecified atom stereocenters. The number of nitrogens with zero attached hydrogens (tertiary/aromatic N) is 2. The van der Waals surface area contributed by atoms with Gasteiger partial charge in [-0.3, -0.25) is 4.90 Å². The Kier molecular flexibility index (Phi) is 5.23. The molecule has 0 N–H and O–H groups in total. The van der Waals surface area contributed by atoms with E-state index in [2.05, 4.69) is 35.8 Å².